The third-order valence-corrected chi connectivity index (χ3v) is 5.28. The van der Waals surface area contributed by atoms with Gasteiger partial charge < -0.3 is 4.57 Å². The molecule has 0 aliphatic heterocycles. The van der Waals surface area contributed by atoms with Gasteiger partial charge in [0, 0.05) is 23.4 Å². The van der Waals surface area contributed by atoms with Crippen molar-refractivity contribution in [1.29, 1.82) is 0 Å². The van der Waals surface area contributed by atoms with Gasteiger partial charge in [-0.1, -0.05) is 66.3 Å². The van der Waals surface area contributed by atoms with Crippen molar-refractivity contribution in [2.75, 3.05) is 0 Å². The van der Waals surface area contributed by atoms with E-state index in [2.05, 4.69) is 66.1 Å². The normalized spacial score (nSPS) is 13.5. The predicted molar refractivity (Wildman–Crippen MR) is 105 cm³/mol. The number of benzene rings is 2. The van der Waals surface area contributed by atoms with Crippen LogP contribution in [0, 0.1) is 11.6 Å². The van der Waals surface area contributed by atoms with Crippen molar-refractivity contribution < 1.29 is 0 Å². The monoisotopic (exact) mass is 346 g/mol. The third kappa shape index (κ3) is 3.29. The molecule has 1 heterocycles. The fraction of sp³-hybridized carbons (Fsp3) is 0.273. The van der Waals surface area contributed by atoms with Crippen LogP contribution in [0.2, 0.25) is 0 Å². The van der Waals surface area contributed by atoms with Crippen LogP contribution in [-0.2, 0) is 19.4 Å². The molecule has 0 bridgehead atoms. The lowest BCUT2D eigenvalue weighted by molar-refractivity contribution is 0.604. The van der Waals surface area contributed by atoms with Crippen molar-refractivity contribution in [2.45, 2.75) is 39.2 Å². The molecule has 0 amide bonds. The Balaban J connectivity index is 1.93. The first-order valence-corrected chi connectivity index (χ1v) is 9.37. The van der Waals surface area contributed by atoms with Crippen LogP contribution >= 0.6 is 12.2 Å². The van der Waals surface area contributed by atoms with Crippen molar-refractivity contribution in [3.63, 3.8) is 0 Å². The van der Waals surface area contributed by atoms with Gasteiger partial charge in [0.25, 0.3) is 0 Å². The molecule has 126 valence electrons. The molecule has 0 spiro atoms. The van der Waals surface area contributed by atoms with E-state index in [1.165, 1.54) is 35.2 Å². The van der Waals surface area contributed by atoms with Gasteiger partial charge in [0.15, 0.2) is 0 Å². The highest BCUT2D eigenvalue weighted by Gasteiger charge is 2.19. The SMILES string of the molecule is Cc1cccc(-c2nc(=S)c3c(n2Cc2ccccc2)CCCC3)c1. The molecule has 0 saturated carbocycles. The van der Waals surface area contributed by atoms with Crippen LogP contribution in [0.1, 0.15) is 35.2 Å². The molecule has 0 fully saturated rings. The van der Waals surface area contributed by atoms with Crippen molar-refractivity contribution in [3.05, 3.63) is 81.6 Å². The zero-order valence-corrected chi connectivity index (χ0v) is 15.4. The van der Waals surface area contributed by atoms with Crippen LogP contribution in [-0.4, -0.2) is 9.55 Å². The van der Waals surface area contributed by atoms with Crippen LogP contribution < -0.4 is 0 Å². The van der Waals surface area contributed by atoms with Gasteiger partial charge in [-0.15, -0.1) is 0 Å². The Kier molecular flexibility index (Phi) is 4.50. The van der Waals surface area contributed by atoms with Gasteiger partial charge in [-0.05, 0) is 44.2 Å². The number of aryl methyl sites for hydroxylation is 1. The lowest BCUT2D eigenvalue weighted by Gasteiger charge is -2.24. The van der Waals surface area contributed by atoms with Gasteiger partial charge in [-0.25, -0.2) is 4.98 Å². The van der Waals surface area contributed by atoms with Gasteiger partial charge in [0.2, 0.25) is 0 Å². The first-order chi connectivity index (χ1) is 12.2. The molecule has 0 N–H and O–H groups in total. The Morgan fingerprint density at radius 2 is 1.80 bits per heavy atom. The van der Waals surface area contributed by atoms with E-state index in [9.17, 15) is 0 Å². The molecule has 1 aliphatic carbocycles. The largest absolute Gasteiger partial charge is 0.325 e. The summed E-state index contributed by atoms with van der Waals surface area (Å²) in [5.74, 6) is 0.998. The smallest absolute Gasteiger partial charge is 0.142 e. The van der Waals surface area contributed by atoms with E-state index in [0.717, 1.165) is 35.4 Å². The van der Waals surface area contributed by atoms with E-state index in [0.29, 0.717) is 0 Å². The maximum Gasteiger partial charge on any atom is 0.142 e. The van der Waals surface area contributed by atoms with Crippen LogP contribution in [0.25, 0.3) is 11.4 Å². The Morgan fingerprint density at radius 1 is 1.00 bits per heavy atom. The van der Waals surface area contributed by atoms with Gasteiger partial charge in [-0.2, -0.15) is 0 Å². The Hall–Kier alpha value is -2.26. The zero-order chi connectivity index (χ0) is 17.2. The first-order valence-electron chi connectivity index (χ1n) is 8.96. The predicted octanol–water partition coefficient (Wildman–Crippen LogP) is 5.52. The second-order valence-electron chi connectivity index (χ2n) is 6.81. The Morgan fingerprint density at radius 3 is 2.60 bits per heavy atom. The van der Waals surface area contributed by atoms with Gasteiger partial charge in [-0.3, -0.25) is 0 Å². The fourth-order valence-electron chi connectivity index (χ4n) is 3.71. The summed E-state index contributed by atoms with van der Waals surface area (Å²) < 4.78 is 3.18. The summed E-state index contributed by atoms with van der Waals surface area (Å²) >= 11 is 5.66. The van der Waals surface area contributed by atoms with Crippen molar-refractivity contribution in [1.82, 2.24) is 9.55 Å². The summed E-state index contributed by atoms with van der Waals surface area (Å²) in [6, 6.07) is 19.2. The summed E-state index contributed by atoms with van der Waals surface area (Å²) in [5, 5.41) is 0. The maximum absolute atomic E-state index is 5.66. The number of rotatable bonds is 3. The topological polar surface area (TPSA) is 17.8 Å². The van der Waals surface area contributed by atoms with Crippen LogP contribution in [0.5, 0.6) is 0 Å². The fourth-order valence-corrected chi connectivity index (χ4v) is 4.02. The minimum Gasteiger partial charge on any atom is -0.325 e. The summed E-state index contributed by atoms with van der Waals surface area (Å²) in [5.41, 5.74) is 6.36. The van der Waals surface area contributed by atoms with Crippen LogP contribution in [0.4, 0.5) is 0 Å². The number of nitrogens with zero attached hydrogens (tertiary/aromatic N) is 2. The molecular formula is C22H22N2S. The summed E-state index contributed by atoms with van der Waals surface area (Å²) in [6.07, 6.45) is 4.60. The molecule has 1 aromatic heterocycles. The van der Waals surface area contributed by atoms with Gasteiger partial charge in [0.1, 0.15) is 10.5 Å². The van der Waals surface area contributed by atoms with Crippen molar-refractivity contribution >= 4 is 12.2 Å². The average molecular weight is 346 g/mol. The molecular weight excluding hydrogens is 324 g/mol. The highest BCUT2D eigenvalue weighted by Crippen LogP contribution is 2.28. The zero-order valence-electron chi connectivity index (χ0n) is 14.5. The number of hydrogen-bond acceptors (Lipinski definition) is 2. The number of aromatic nitrogens is 2. The van der Waals surface area contributed by atoms with Crippen LogP contribution in [0.15, 0.2) is 54.6 Å². The molecule has 3 heteroatoms. The van der Waals surface area contributed by atoms with E-state index in [4.69, 9.17) is 17.2 Å². The van der Waals surface area contributed by atoms with E-state index in [1.807, 2.05) is 0 Å². The van der Waals surface area contributed by atoms with Crippen LogP contribution in [0.3, 0.4) is 0 Å². The Bertz CT molecular complexity index is 958. The lowest BCUT2D eigenvalue weighted by Crippen LogP contribution is -2.18. The molecule has 0 saturated heterocycles. The molecule has 0 unspecified atom stereocenters. The number of fused-ring (bicyclic) bond motifs is 1. The molecule has 0 radical (unpaired) electrons. The van der Waals surface area contributed by atoms with Gasteiger partial charge >= 0.3 is 0 Å². The quantitative estimate of drug-likeness (QED) is 0.582. The molecule has 25 heavy (non-hydrogen) atoms. The van der Waals surface area contributed by atoms with Gasteiger partial charge in [0.05, 0.1) is 0 Å². The maximum atomic E-state index is 5.66. The summed E-state index contributed by atoms with van der Waals surface area (Å²) in [4.78, 5) is 4.87. The van der Waals surface area contributed by atoms with E-state index in [-0.39, 0.29) is 0 Å². The van der Waals surface area contributed by atoms with E-state index < -0.39 is 0 Å². The van der Waals surface area contributed by atoms with E-state index in [1.54, 1.807) is 0 Å². The van der Waals surface area contributed by atoms with Crippen molar-refractivity contribution in [3.8, 4) is 11.4 Å². The minimum absolute atomic E-state index is 0.788. The molecule has 2 aromatic carbocycles. The second kappa shape index (κ2) is 6.93. The first kappa shape index (κ1) is 16.2. The Labute approximate surface area is 154 Å². The molecule has 4 rings (SSSR count). The summed E-state index contributed by atoms with van der Waals surface area (Å²) in [7, 11) is 0. The highest BCUT2D eigenvalue weighted by atomic mass is 32.1. The minimum atomic E-state index is 0.788. The molecule has 3 aromatic rings. The third-order valence-electron chi connectivity index (χ3n) is 4.95. The lowest BCUT2D eigenvalue weighted by atomic mass is 9.96. The summed E-state index contributed by atoms with van der Waals surface area (Å²) in [6.45, 7) is 2.97. The molecule has 2 nitrogen and oxygen atoms in total. The highest BCUT2D eigenvalue weighted by molar-refractivity contribution is 7.71. The van der Waals surface area contributed by atoms with Crippen molar-refractivity contribution in [2.24, 2.45) is 0 Å². The standard InChI is InChI=1S/C22H22N2S/c1-16-8-7-11-18(14-16)21-23-22(25)19-12-5-6-13-20(19)24(21)15-17-9-3-2-4-10-17/h2-4,7-11,14H,5-6,12-13,15H2,1H3. The molecule has 0 atom stereocenters. The average Bonchev–Trinajstić information content (AvgIpc) is 2.65. The van der Waals surface area contributed by atoms with E-state index >= 15 is 0 Å². The second-order valence-corrected chi connectivity index (χ2v) is 7.20. The molecule has 1 aliphatic rings. The number of hydrogen-bond donors (Lipinski definition) is 0.